The van der Waals surface area contributed by atoms with Gasteiger partial charge in [-0.05, 0) is 44.8 Å². The van der Waals surface area contributed by atoms with Crippen molar-refractivity contribution < 1.29 is 4.74 Å². The molecule has 1 aliphatic heterocycles. The standard InChI is InChI=1S/C17H29N3O/c1-13(2)16-12-20(17(18(3)4)19(16)5)11-14-7-9-15(21-6)10-8-14/h7-10,13,16-17H,11-12H2,1-6H3/t16-,17?/m0/s1. The summed E-state index contributed by atoms with van der Waals surface area (Å²) in [5.74, 6) is 1.58. The summed E-state index contributed by atoms with van der Waals surface area (Å²) in [6.45, 7) is 6.71. The lowest BCUT2D eigenvalue weighted by Crippen LogP contribution is -2.48. The van der Waals surface area contributed by atoms with Gasteiger partial charge in [-0.25, -0.2) is 0 Å². The molecular weight excluding hydrogens is 262 g/mol. The fourth-order valence-electron chi connectivity index (χ4n) is 3.38. The second kappa shape index (κ2) is 6.77. The van der Waals surface area contributed by atoms with Crippen LogP contribution < -0.4 is 4.74 Å². The lowest BCUT2D eigenvalue weighted by Gasteiger charge is -2.34. The van der Waals surface area contributed by atoms with Gasteiger partial charge in [0.1, 0.15) is 12.0 Å². The molecule has 0 aromatic heterocycles. The highest BCUT2D eigenvalue weighted by Crippen LogP contribution is 2.27. The van der Waals surface area contributed by atoms with Crippen LogP contribution in [0.3, 0.4) is 0 Å². The normalized spacial score (nSPS) is 24.2. The zero-order chi connectivity index (χ0) is 15.6. The van der Waals surface area contributed by atoms with Crippen LogP contribution in [0, 0.1) is 5.92 Å². The van der Waals surface area contributed by atoms with Crippen LogP contribution in [0.4, 0.5) is 0 Å². The molecule has 21 heavy (non-hydrogen) atoms. The molecule has 2 atom stereocenters. The van der Waals surface area contributed by atoms with Gasteiger partial charge < -0.3 is 4.74 Å². The van der Waals surface area contributed by atoms with E-state index in [1.807, 2.05) is 12.1 Å². The van der Waals surface area contributed by atoms with Crippen LogP contribution >= 0.6 is 0 Å². The number of nitrogens with zero attached hydrogens (tertiary/aromatic N) is 3. The Morgan fingerprint density at radius 2 is 1.86 bits per heavy atom. The molecular formula is C17H29N3O. The summed E-state index contributed by atoms with van der Waals surface area (Å²) >= 11 is 0. The Morgan fingerprint density at radius 3 is 2.33 bits per heavy atom. The van der Waals surface area contributed by atoms with Gasteiger partial charge in [-0.3, -0.25) is 14.7 Å². The van der Waals surface area contributed by atoms with E-state index in [1.54, 1.807) is 7.11 Å². The summed E-state index contributed by atoms with van der Waals surface area (Å²) in [5, 5.41) is 0. The maximum atomic E-state index is 5.23. The highest BCUT2D eigenvalue weighted by Gasteiger charge is 2.39. The molecule has 0 amide bonds. The van der Waals surface area contributed by atoms with E-state index < -0.39 is 0 Å². The third-order valence-electron chi connectivity index (χ3n) is 4.41. The SMILES string of the molecule is COc1ccc(CN2C[C@@H](C(C)C)N(C)C2N(C)C)cc1. The molecule has 0 saturated carbocycles. The van der Waals surface area contributed by atoms with Gasteiger partial charge in [0.15, 0.2) is 0 Å². The topological polar surface area (TPSA) is 19.0 Å². The summed E-state index contributed by atoms with van der Waals surface area (Å²) in [5.41, 5.74) is 1.33. The Balaban J connectivity index is 2.12. The molecule has 4 nitrogen and oxygen atoms in total. The lowest BCUT2D eigenvalue weighted by atomic mass is 10.0. The quantitative estimate of drug-likeness (QED) is 0.828. The predicted molar refractivity (Wildman–Crippen MR) is 87.3 cm³/mol. The number of ether oxygens (including phenoxy) is 1. The van der Waals surface area contributed by atoms with Gasteiger partial charge in [0.2, 0.25) is 0 Å². The predicted octanol–water partition coefficient (Wildman–Crippen LogP) is 2.31. The molecule has 2 rings (SSSR count). The maximum absolute atomic E-state index is 5.23. The van der Waals surface area contributed by atoms with E-state index in [4.69, 9.17) is 4.74 Å². The number of benzene rings is 1. The minimum atomic E-state index is 0.361. The van der Waals surface area contributed by atoms with Crippen molar-refractivity contribution in [2.75, 3.05) is 34.8 Å². The van der Waals surface area contributed by atoms with Crippen LogP contribution in [0.5, 0.6) is 5.75 Å². The molecule has 1 aromatic rings. The molecule has 118 valence electrons. The van der Waals surface area contributed by atoms with E-state index in [2.05, 4.69) is 61.8 Å². The first-order valence-electron chi connectivity index (χ1n) is 7.69. The summed E-state index contributed by atoms with van der Waals surface area (Å²) in [7, 11) is 8.26. The molecule has 0 radical (unpaired) electrons. The third-order valence-corrected chi connectivity index (χ3v) is 4.41. The van der Waals surface area contributed by atoms with Crippen LogP contribution in [0.2, 0.25) is 0 Å². The molecule has 1 fully saturated rings. The number of likely N-dealkylation sites (N-methyl/N-ethyl adjacent to an activating group) is 1. The van der Waals surface area contributed by atoms with Crippen LogP contribution in [0.25, 0.3) is 0 Å². The molecule has 4 heteroatoms. The summed E-state index contributed by atoms with van der Waals surface area (Å²) in [6.07, 6.45) is 0.361. The molecule has 1 heterocycles. The summed E-state index contributed by atoms with van der Waals surface area (Å²) in [6, 6.07) is 9.01. The first-order valence-corrected chi connectivity index (χ1v) is 7.69. The molecule has 0 bridgehead atoms. The Bertz CT molecular complexity index is 444. The Morgan fingerprint density at radius 1 is 1.24 bits per heavy atom. The lowest BCUT2D eigenvalue weighted by molar-refractivity contribution is 0.0158. The monoisotopic (exact) mass is 291 g/mol. The molecule has 0 aliphatic carbocycles. The van der Waals surface area contributed by atoms with Crippen molar-refractivity contribution in [3.8, 4) is 5.75 Å². The highest BCUT2D eigenvalue weighted by atomic mass is 16.5. The smallest absolute Gasteiger partial charge is 0.119 e. The van der Waals surface area contributed by atoms with E-state index in [-0.39, 0.29) is 0 Å². The van der Waals surface area contributed by atoms with Crippen LogP contribution in [0.15, 0.2) is 24.3 Å². The zero-order valence-electron chi connectivity index (χ0n) is 14.2. The fraction of sp³-hybridized carbons (Fsp3) is 0.647. The number of methoxy groups -OCH3 is 1. The minimum absolute atomic E-state index is 0.361. The van der Waals surface area contributed by atoms with Gasteiger partial charge in [0.05, 0.1) is 7.11 Å². The van der Waals surface area contributed by atoms with Crippen molar-refractivity contribution in [2.45, 2.75) is 32.7 Å². The highest BCUT2D eigenvalue weighted by molar-refractivity contribution is 5.27. The van der Waals surface area contributed by atoms with Gasteiger partial charge in [-0.15, -0.1) is 0 Å². The molecule has 1 saturated heterocycles. The van der Waals surface area contributed by atoms with Crippen molar-refractivity contribution in [3.63, 3.8) is 0 Å². The number of hydrogen-bond acceptors (Lipinski definition) is 4. The maximum Gasteiger partial charge on any atom is 0.119 e. The van der Waals surface area contributed by atoms with Gasteiger partial charge in [-0.2, -0.15) is 0 Å². The van der Waals surface area contributed by atoms with Gasteiger partial charge in [0.25, 0.3) is 0 Å². The number of rotatable bonds is 5. The Labute approximate surface area is 129 Å². The van der Waals surface area contributed by atoms with E-state index in [9.17, 15) is 0 Å². The molecule has 0 spiro atoms. The summed E-state index contributed by atoms with van der Waals surface area (Å²) in [4.78, 5) is 7.34. The minimum Gasteiger partial charge on any atom is -0.497 e. The summed E-state index contributed by atoms with van der Waals surface area (Å²) < 4.78 is 5.23. The van der Waals surface area contributed by atoms with Crippen molar-refractivity contribution >= 4 is 0 Å². The van der Waals surface area contributed by atoms with Gasteiger partial charge in [0, 0.05) is 19.1 Å². The first kappa shape index (κ1) is 16.3. The first-order chi connectivity index (χ1) is 9.93. The van der Waals surface area contributed by atoms with E-state index >= 15 is 0 Å². The van der Waals surface area contributed by atoms with Crippen molar-refractivity contribution in [1.29, 1.82) is 0 Å². The van der Waals surface area contributed by atoms with Crippen LogP contribution in [-0.2, 0) is 6.54 Å². The van der Waals surface area contributed by atoms with Crippen LogP contribution in [0.1, 0.15) is 19.4 Å². The largest absolute Gasteiger partial charge is 0.497 e. The van der Waals surface area contributed by atoms with E-state index in [1.165, 1.54) is 5.56 Å². The second-order valence-electron chi connectivity index (χ2n) is 6.56. The van der Waals surface area contributed by atoms with Crippen LogP contribution in [-0.4, -0.2) is 61.8 Å². The van der Waals surface area contributed by atoms with E-state index in [0.717, 1.165) is 18.8 Å². The number of hydrogen-bond donors (Lipinski definition) is 0. The molecule has 1 unspecified atom stereocenters. The van der Waals surface area contributed by atoms with Gasteiger partial charge >= 0.3 is 0 Å². The Hall–Kier alpha value is -1.10. The average Bonchev–Trinajstić information content (AvgIpc) is 2.76. The van der Waals surface area contributed by atoms with Crippen molar-refractivity contribution in [3.05, 3.63) is 29.8 Å². The second-order valence-corrected chi connectivity index (χ2v) is 6.56. The fourth-order valence-corrected chi connectivity index (χ4v) is 3.38. The molecule has 0 N–H and O–H groups in total. The third kappa shape index (κ3) is 3.57. The van der Waals surface area contributed by atoms with E-state index in [0.29, 0.717) is 18.2 Å². The molecule has 1 aliphatic rings. The Kier molecular flexibility index (Phi) is 5.25. The van der Waals surface area contributed by atoms with Crippen molar-refractivity contribution in [1.82, 2.24) is 14.7 Å². The van der Waals surface area contributed by atoms with Gasteiger partial charge in [-0.1, -0.05) is 26.0 Å². The average molecular weight is 291 g/mol. The van der Waals surface area contributed by atoms with Crippen molar-refractivity contribution in [2.24, 2.45) is 5.92 Å². The molecule has 1 aromatic carbocycles. The zero-order valence-corrected chi connectivity index (χ0v) is 14.2.